The van der Waals surface area contributed by atoms with E-state index >= 15 is 0 Å². The minimum Gasteiger partial charge on any atom is -0.313 e. The highest BCUT2D eigenvalue weighted by molar-refractivity contribution is 6.30. The number of benzene rings is 1. The van der Waals surface area contributed by atoms with E-state index in [1.54, 1.807) is 12.1 Å². The van der Waals surface area contributed by atoms with Crippen molar-refractivity contribution in [3.05, 3.63) is 44.5 Å². The molecule has 4 nitrogen and oxygen atoms in total. The molecule has 0 spiro atoms. The maximum absolute atomic E-state index is 10.8. The third-order valence-corrected chi connectivity index (χ3v) is 2.48. The van der Waals surface area contributed by atoms with Crippen LogP contribution in [0.25, 0.3) is 6.08 Å². The normalized spacial score (nSPS) is 11.6. The van der Waals surface area contributed by atoms with Gasteiger partial charge in [0, 0.05) is 17.6 Å². The van der Waals surface area contributed by atoms with E-state index in [-0.39, 0.29) is 5.69 Å². The van der Waals surface area contributed by atoms with Gasteiger partial charge in [-0.05, 0) is 31.7 Å². The lowest BCUT2D eigenvalue weighted by atomic mass is 10.1. The lowest BCUT2D eigenvalue weighted by Gasteiger charge is -2.03. The fourth-order valence-electron chi connectivity index (χ4n) is 1.45. The quantitative estimate of drug-likeness (QED) is 0.648. The smallest absolute Gasteiger partial charge is 0.276 e. The molecule has 17 heavy (non-hydrogen) atoms. The number of rotatable bonds is 5. The van der Waals surface area contributed by atoms with Crippen LogP contribution in [0, 0.1) is 10.1 Å². The van der Waals surface area contributed by atoms with Crippen LogP contribution in [-0.4, -0.2) is 18.0 Å². The summed E-state index contributed by atoms with van der Waals surface area (Å²) in [4.78, 5) is 10.4. The third-order valence-electron chi connectivity index (χ3n) is 2.24. The van der Waals surface area contributed by atoms with Gasteiger partial charge in [-0.25, -0.2) is 0 Å². The standard InChI is InChI=1S/C12H15ClN2O2/c1-3-14-8-9(2)6-10-7-11(13)4-5-12(10)15(16)17/h4-7,14H,3,8H2,1-2H3/b9-6+. The van der Waals surface area contributed by atoms with Crippen LogP contribution in [0.15, 0.2) is 23.8 Å². The fourth-order valence-corrected chi connectivity index (χ4v) is 1.63. The van der Waals surface area contributed by atoms with Gasteiger partial charge >= 0.3 is 0 Å². The summed E-state index contributed by atoms with van der Waals surface area (Å²) in [7, 11) is 0. The molecule has 1 aromatic carbocycles. The predicted molar refractivity (Wildman–Crippen MR) is 70.3 cm³/mol. The van der Waals surface area contributed by atoms with Gasteiger partial charge in [-0.2, -0.15) is 0 Å². The second-order valence-corrected chi connectivity index (χ2v) is 4.17. The zero-order valence-electron chi connectivity index (χ0n) is 9.87. The molecule has 1 rings (SSSR count). The first-order valence-electron chi connectivity index (χ1n) is 5.36. The molecule has 0 atom stereocenters. The summed E-state index contributed by atoms with van der Waals surface area (Å²) in [5.74, 6) is 0. The molecule has 0 aliphatic heterocycles. The van der Waals surface area contributed by atoms with E-state index < -0.39 is 4.92 Å². The fraction of sp³-hybridized carbons (Fsp3) is 0.333. The van der Waals surface area contributed by atoms with E-state index in [2.05, 4.69) is 5.32 Å². The van der Waals surface area contributed by atoms with Crippen LogP contribution in [0.1, 0.15) is 19.4 Å². The molecule has 0 aromatic heterocycles. The summed E-state index contributed by atoms with van der Waals surface area (Å²) < 4.78 is 0. The van der Waals surface area contributed by atoms with Crippen molar-refractivity contribution < 1.29 is 4.92 Å². The van der Waals surface area contributed by atoms with E-state index in [0.29, 0.717) is 17.1 Å². The van der Waals surface area contributed by atoms with Crippen molar-refractivity contribution in [3.8, 4) is 0 Å². The molecule has 0 saturated heterocycles. The van der Waals surface area contributed by atoms with Crippen LogP contribution in [0.5, 0.6) is 0 Å². The molecule has 0 fully saturated rings. The molecule has 0 saturated carbocycles. The van der Waals surface area contributed by atoms with E-state index in [0.717, 1.165) is 12.1 Å². The zero-order valence-corrected chi connectivity index (χ0v) is 10.6. The molecule has 92 valence electrons. The van der Waals surface area contributed by atoms with Gasteiger partial charge in [-0.1, -0.05) is 24.1 Å². The van der Waals surface area contributed by atoms with Crippen molar-refractivity contribution >= 4 is 23.4 Å². The lowest BCUT2D eigenvalue weighted by Crippen LogP contribution is -2.14. The molecule has 0 aliphatic carbocycles. The summed E-state index contributed by atoms with van der Waals surface area (Å²) in [6.07, 6.45) is 1.78. The average Bonchev–Trinajstić information content (AvgIpc) is 2.26. The van der Waals surface area contributed by atoms with Gasteiger partial charge in [0.2, 0.25) is 0 Å². The number of hydrogen-bond donors (Lipinski definition) is 1. The van der Waals surface area contributed by atoms with Crippen LogP contribution in [-0.2, 0) is 0 Å². The largest absolute Gasteiger partial charge is 0.313 e. The molecular formula is C12H15ClN2O2. The average molecular weight is 255 g/mol. The maximum atomic E-state index is 10.8. The molecule has 5 heteroatoms. The minimum absolute atomic E-state index is 0.0743. The molecule has 0 amide bonds. The van der Waals surface area contributed by atoms with Crippen LogP contribution >= 0.6 is 11.6 Å². The third kappa shape index (κ3) is 4.17. The Morgan fingerprint density at radius 3 is 2.88 bits per heavy atom. The number of nitro benzene ring substituents is 1. The Labute approximate surface area is 105 Å². The summed E-state index contributed by atoms with van der Waals surface area (Å²) in [6, 6.07) is 4.56. The maximum Gasteiger partial charge on any atom is 0.276 e. The number of halogens is 1. The van der Waals surface area contributed by atoms with Crippen LogP contribution in [0.4, 0.5) is 5.69 Å². The molecule has 0 aliphatic rings. The van der Waals surface area contributed by atoms with Crippen LogP contribution in [0.2, 0.25) is 5.02 Å². The van der Waals surface area contributed by atoms with Crippen molar-refractivity contribution in [1.29, 1.82) is 0 Å². The Bertz CT molecular complexity index is 444. The lowest BCUT2D eigenvalue weighted by molar-refractivity contribution is -0.385. The highest BCUT2D eigenvalue weighted by Crippen LogP contribution is 2.24. The van der Waals surface area contributed by atoms with Crippen molar-refractivity contribution in [2.45, 2.75) is 13.8 Å². The molecule has 0 heterocycles. The van der Waals surface area contributed by atoms with Crippen molar-refractivity contribution in [2.24, 2.45) is 0 Å². The number of nitro groups is 1. The van der Waals surface area contributed by atoms with E-state index in [1.807, 2.05) is 13.8 Å². The van der Waals surface area contributed by atoms with Gasteiger partial charge in [0.1, 0.15) is 0 Å². The first-order chi connectivity index (χ1) is 8.04. The predicted octanol–water partition coefficient (Wildman–Crippen LogP) is 3.26. The van der Waals surface area contributed by atoms with Gasteiger partial charge in [-0.15, -0.1) is 0 Å². The molecular weight excluding hydrogens is 240 g/mol. The van der Waals surface area contributed by atoms with Gasteiger partial charge in [0.15, 0.2) is 0 Å². The number of likely N-dealkylation sites (N-methyl/N-ethyl adjacent to an activating group) is 1. The Balaban J connectivity index is 3.03. The Hall–Kier alpha value is -1.39. The Morgan fingerprint density at radius 1 is 1.59 bits per heavy atom. The minimum atomic E-state index is -0.400. The first-order valence-corrected chi connectivity index (χ1v) is 5.74. The second-order valence-electron chi connectivity index (χ2n) is 3.73. The Kier molecular flexibility index (Phi) is 5.12. The topological polar surface area (TPSA) is 55.2 Å². The van der Waals surface area contributed by atoms with Gasteiger partial charge < -0.3 is 5.32 Å². The summed E-state index contributed by atoms with van der Waals surface area (Å²) >= 11 is 5.84. The van der Waals surface area contributed by atoms with Gasteiger partial charge in [-0.3, -0.25) is 10.1 Å². The van der Waals surface area contributed by atoms with Crippen LogP contribution in [0.3, 0.4) is 0 Å². The van der Waals surface area contributed by atoms with Crippen molar-refractivity contribution in [1.82, 2.24) is 5.32 Å². The summed E-state index contributed by atoms with van der Waals surface area (Å²) in [6.45, 7) is 5.51. The SMILES string of the molecule is CCNC/C(C)=C/c1cc(Cl)ccc1[N+](=O)[O-]. The summed E-state index contributed by atoms with van der Waals surface area (Å²) in [5, 5.41) is 14.5. The van der Waals surface area contributed by atoms with E-state index in [9.17, 15) is 10.1 Å². The van der Waals surface area contributed by atoms with Gasteiger partial charge in [0.05, 0.1) is 10.5 Å². The number of hydrogen-bond acceptors (Lipinski definition) is 3. The first kappa shape index (κ1) is 13.7. The Morgan fingerprint density at radius 2 is 2.29 bits per heavy atom. The van der Waals surface area contributed by atoms with E-state index in [1.165, 1.54) is 12.1 Å². The molecule has 0 unspecified atom stereocenters. The monoisotopic (exact) mass is 254 g/mol. The molecule has 1 aromatic rings. The van der Waals surface area contributed by atoms with Gasteiger partial charge in [0.25, 0.3) is 5.69 Å². The summed E-state index contributed by atoms with van der Waals surface area (Å²) in [5.41, 5.74) is 1.64. The zero-order chi connectivity index (χ0) is 12.8. The van der Waals surface area contributed by atoms with Crippen molar-refractivity contribution in [3.63, 3.8) is 0 Å². The number of nitrogens with zero attached hydrogens (tertiary/aromatic N) is 1. The highest BCUT2D eigenvalue weighted by Gasteiger charge is 2.11. The van der Waals surface area contributed by atoms with Crippen LogP contribution < -0.4 is 5.32 Å². The molecule has 0 bridgehead atoms. The second kappa shape index (κ2) is 6.37. The highest BCUT2D eigenvalue weighted by atomic mass is 35.5. The number of nitrogens with one attached hydrogen (secondary N) is 1. The van der Waals surface area contributed by atoms with E-state index in [4.69, 9.17) is 11.6 Å². The molecule has 0 radical (unpaired) electrons. The molecule has 1 N–H and O–H groups in total. The van der Waals surface area contributed by atoms with Crippen molar-refractivity contribution in [2.75, 3.05) is 13.1 Å².